The number of hydrogen-bond acceptors (Lipinski definition) is 3. The van der Waals surface area contributed by atoms with Crippen molar-refractivity contribution in [1.29, 1.82) is 0 Å². The second kappa shape index (κ2) is 13.0. The first-order valence-electron chi connectivity index (χ1n) is 12.1. The molecule has 184 valence electrons. The van der Waals surface area contributed by atoms with Gasteiger partial charge in [0.1, 0.15) is 11.8 Å². The third kappa shape index (κ3) is 7.64. The molecule has 0 heterocycles. The molecule has 0 spiro atoms. The number of rotatable bonds is 11. The summed E-state index contributed by atoms with van der Waals surface area (Å²) in [6.07, 6.45) is 5.61. The lowest BCUT2D eigenvalue weighted by Gasteiger charge is -2.32. The van der Waals surface area contributed by atoms with Crippen molar-refractivity contribution in [2.75, 3.05) is 6.61 Å². The largest absolute Gasteiger partial charge is 0.494 e. The zero-order chi connectivity index (χ0) is 24.5. The van der Waals surface area contributed by atoms with Crippen LogP contribution in [-0.2, 0) is 16.1 Å². The Bertz CT molecular complexity index is 959. The van der Waals surface area contributed by atoms with Gasteiger partial charge in [-0.05, 0) is 62.4 Å². The third-order valence-corrected chi connectivity index (χ3v) is 6.85. The fourth-order valence-electron chi connectivity index (χ4n) is 4.31. The minimum Gasteiger partial charge on any atom is -0.494 e. The molecule has 1 fully saturated rings. The van der Waals surface area contributed by atoms with Crippen LogP contribution in [0.5, 0.6) is 5.75 Å². The first-order chi connectivity index (χ1) is 16.4. The van der Waals surface area contributed by atoms with E-state index >= 15 is 0 Å². The predicted molar refractivity (Wildman–Crippen MR) is 137 cm³/mol. The number of carbonyl (C=O) groups excluding carboxylic acids is 2. The van der Waals surface area contributed by atoms with Gasteiger partial charge in [0.15, 0.2) is 0 Å². The summed E-state index contributed by atoms with van der Waals surface area (Å²) in [5, 5.41) is 4.17. The molecule has 1 N–H and O–H groups in total. The van der Waals surface area contributed by atoms with Gasteiger partial charge in [-0.2, -0.15) is 0 Å². The second-order valence-electron chi connectivity index (χ2n) is 8.94. The van der Waals surface area contributed by atoms with Crippen LogP contribution in [0.15, 0.2) is 42.5 Å². The summed E-state index contributed by atoms with van der Waals surface area (Å²) in [6.45, 7) is 4.64. The van der Waals surface area contributed by atoms with Crippen LogP contribution >= 0.6 is 23.2 Å². The Kier molecular flexibility index (Phi) is 10.1. The number of amides is 2. The van der Waals surface area contributed by atoms with Gasteiger partial charge >= 0.3 is 0 Å². The fourth-order valence-corrected chi connectivity index (χ4v) is 4.78. The van der Waals surface area contributed by atoms with E-state index < -0.39 is 6.04 Å². The Labute approximate surface area is 212 Å². The Morgan fingerprint density at radius 3 is 2.47 bits per heavy atom. The highest BCUT2D eigenvalue weighted by molar-refractivity contribution is 6.35. The molecule has 0 aliphatic heterocycles. The molecule has 0 radical (unpaired) electrons. The second-order valence-corrected chi connectivity index (χ2v) is 9.78. The van der Waals surface area contributed by atoms with Crippen molar-refractivity contribution in [2.45, 2.75) is 77.4 Å². The van der Waals surface area contributed by atoms with Crippen LogP contribution < -0.4 is 10.1 Å². The van der Waals surface area contributed by atoms with Crippen molar-refractivity contribution >= 4 is 35.0 Å². The monoisotopic (exact) mass is 504 g/mol. The molecule has 1 saturated carbocycles. The molecular weight excluding hydrogens is 471 g/mol. The SMILES string of the molecule is CC[C@H](C(=O)NC1CCCC1)N(Cc1ccc(Cl)cc1Cl)C(=O)CCCOc1ccc(C)cc1. The van der Waals surface area contributed by atoms with E-state index in [9.17, 15) is 9.59 Å². The minimum atomic E-state index is -0.558. The number of ether oxygens (including phenoxy) is 1. The fraction of sp³-hybridized carbons (Fsp3) is 0.481. The van der Waals surface area contributed by atoms with E-state index in [0.717, 1.165) is 37.0 Å². The summed E-state index contributed by atoms with van der Waals surface area (Å²) in [6, 6.07) is 12.7. The number of carbonyl (C=O) groups is 2. The van der Waals surface area contributed by atoms with Crippen molar-refractivity contribution in [3.8, 4) is 5.75 Å². The maximum Gasteiger partial charge on any atom is 0.243 e. The van der Waals surface area contributed by atoms with Crippen LogP contribution in [0.4, 0.5) is 0 Å². The quantitative estimate of drug-likeness (QED) is 0.363. The molecule has 0 saturated heterocycles. The van der Waals surface area contributed by atoms with Gasteiger partial charge < -0.3 is 15.0 Å². The number of benzene rings is 2. The molecule has 5 nitrogen and oxygen atoms in total. The molecule has 1 aliphatic carbocycles. The third-order valence-electron chi connectivity index (χ3n) is 6.27. The molecule has 2 aromatic carbocycles. The summed E-state index contributed by atoms with van der Waals surface area (Å²) in [4.78, 5) is 28.2. The Morgan fingerprint density at radius 2 is 1.82 bits per heavy atom. The number of nitrogens with one attached hydrogen (secondary N) is 1. The van der Waals surface area contributed by atoms with Crippen molar-refractivity contribution in [3.63, 3.8) is 0 Å². The Morgan fingerprint density at radius 1 is 1.12 bits per heavy atom. The van der Waals surface area contributed by atoms with E-state index in [0.29, 0.717) is 29.5 Å². The van der Waals surface area contributed by atoms with Crippen LogP contribution in [0.2, 0.25) is 10.0 Å². The minimum absolute atomic E-state index is 0.0908. The van der Waals surface area contributed by atoms with E-state index in [2.05, 4.69) is 5.32 Å². The first kappa shape index (κ1) is 26.4. The number of halogens is 2. The topological polar surface area (TPSA) is 58.6 Å². The van der Waals surface area contributed by atoms with E-state index in [1.54, 1.807) is 17.0 Å². The van der Waals surface area contributed by atoms with Gasteiger partial charge in [-0.3, -0.25) is 9.59 Å². The van der Waals surface area contributed by atoms with Crippen LogP contribution in [0.3, 0.4) is 0 Å². The summed E-state index contributed by atoms with van der Waals surface area (Å²) in [5.74, 6) is 0.598. The van der Waals surface area contributed by atoms with Gasteiger partial charge in [-0.25, -0.2) is 0 Å². The van der Waals surface area contributed by atoms with Gasteiger partial charge in [0.05, 0.1) is 6.61 Å². The highest BCUT2D eigenvalue weighted by Crippen LogP contribution is 2.25. The summed E-state index contributed by atoms with van der Waals surface area (Å²) in [7, 11) is 0. The molecule has 1 atom stereocenters. The van der Waals surface area contributed by atoms with Crippen LogP contribution in [-0.4, -0.2) is 35.4 Å². The summed E-state index contributed by atoms with van der Waals surface area (Å²) >= 11 is 12.5. The standard InChI is InChI=1S/C27H34Cl2N2O3/c1-3-25(27(33)30-22-7-4-5-8-22)31(18-20-12-13-21(28)17-24(20)29)26(32)9-6-16-34-23-14-10-19(2)11-15-23/h10-15,17,22,25H,3-9,16,18H2,1-2H3,(H,30,33)/t25-/m1/s1. The van der Waals surface area contributed by atoms with Gasteiger partial charge in [-0.1, -0.05) is 66.7 Å². The normalized spacial score (nSPS) is 14.6. The van der Waals surface area contributed by atoms with Crippen molar-refractivity contribution in [2.24, 2.45) is 0 Å². The Hall–Kier alpha value is -2.24. The van der Waals surface area contributed by atoms with Gasteiger partial charge in [0.25, 0.3) is 0 Å². The summed E-state index contributed by atoms with van der Waals surface area (Å²) < 4.78 is 5.78. The predicted octanol–water partition coefficient (Wildman–Crippen LogP) is 6.33. The maximum absolute atomic E-state index is 13.3. The van der Waals surface area contributed by atoms with E-state index in [-0.39, 0.29) is 30.8 Å². The van der Waals surface area contributed by atoms with E-state index in [4.69, 9.17) is 27.9 Å². The average molecular weight is 505 g/mol. The molecular formula is C27H34Cl2N2O3. The van der Waals surface area contributed by atoms with Crippen molar-refractivity contribution in [1.82, 2.24) is 10.2 Å². The molecule has 0 bridgehead atoms. The Balaban J connectivity index is 1.67. The lowest BCUT2D eigenvalue weighted by molar-refractivity contribution is -0.141. The van der Waals surface area contributed by atoms with Crippen LogP contribution in [0, 0.1) is 6.92 Å². The van der Waals surface area contributed by atoms with E-state index in [1.165, 1.54) is 5.56 Å². The lowest BCUT2D eigenvalue weighted by Crippen LogP contribution is -2.51. The van der Waals surface area contributed by atoms with Gasteiger partial charge in [0.2, 0.25) is 11.8 Å². The zero-order valence-corrected chi connectivity index (χ0v) is 21.5. The average Bonchev–Trinajstić information content (AvgIpc) is 3.32. The highest BCUT2D eigenvalue weighted by atomic mass is 35.5. The lowest BCUT2D eigenvalue weighted by atomic mass is 10.1. The molecule has 2 amide bonds. The van der Waals surface area contributed by atoms with E-state index in [1.807, 2.05) is 44.2 Å². The molecule has 2 aromatic rings. The highest BCUT2D eigenvalue weighted by Gasteiger charge is 2.30. The molecule has 1 aliphatic rings. The van der Waals surface area contributed by atoms with Gasteiger partial charge in [0, 0.05) is 29.1 Å². The molecule has 3 rings (SSSR count). The zero-order valence-electron chi connectivity index (χ0n) is 20.0. The summed E-state index contributed by atoms with van der Waals surface area (Å²) in [5.41, 5.74) is 1.93. The van der Waals surface area contributed by atoms with Crippen LogP contribution in [0.1, 0.15) is 63.0 Å². The number of aryl methyl sites for hydroxylation is 1. The van der Waals surface area contributed by atoms with Crippen LogP contribution in [0.25, 0.3) is 0 Å². The number of nitrogens with zero attached hydrogens (tertiary/aromatic N) is 1. The smallest absolute Gasteiger partial charge is 0.243 e. The maximum atomic E-state index is 13.3. The molecule has 7 heteroatoms. The van der Waals surface area contributed by atoms with Crippen molar-refractivity contribution in [3.05, 3.63) is 63.6 Å². The molecule has 0 aromatic heterocycles. The number of hydrogen-bond donors (Lipinski definition) is 1. The first-order valence-corrected chi connectivity index (χ1v) is 12.9. The van der Waals surface area contributed by atoms with Crippen molar-refractivity contribution < 1.29 is 14.3 Å². The molecule has 34 heavy (non-hydrogen) atoms. The molecule has 0 unspecified atom stereocenters. The van der Waals surface area contributed by atoms with Gasteiger partial charge in [-0.15, -0.1) is 0 Å².